The molecule has 1 unspecified atom stereocenters. The van der Waals surface area contributed by atoms with Gasteiger partial charge >= 0.3 is 11.9 Å². The summed E-state index contributed by atoms with van der Waals surface area (Å²) in [6.07, 6.45) is 1.06. The van der Waals surface area contributed by atoms with Gasteiger partial charge in [-0.1, -0.05) is 54.6 Å². The Labute approximate surface area is 154 Å². The molecule has 0 amide bonds. The highest BCUT2D eigenvalue weighted by molar-refractivity contribution is 6.07. The highest BCUT2D eigenvalue weighted by Crippen LogP contribution is 2.47. The Morgan fingerprint density at radius 3 is 2.12 bits per heavy atom. The monoisotopic (exact) mass is 352 g/mol. The summed E-state index contributed by atoms with van der Waals surface area (Å²) in [6.45, 7) is 3.95. The molecule has 0 aliphatic heterocycles. The van der Waals surface area contributed by atoms with Gasteiger partial charge in [-0.2, -0.15) is 0 Å². The van der Waals surface area contributed by atoms with Gasteiger partial charge in [-0.05, 0) is 43.4 Å². The molecule has 4 nitrogen and oxygen atoms in total. The van der Waals surface area contributed by atoms with Crippen LogP contribution in [0.5, 0.6) is 0 Å². The Kier molecular flexibility index (Phi) is 5.40. The molecule has 0 heterocycles. The van der Waals surface area contributed by atoms with Crippen LogP contribution in [0.4, 0.5) is 0 Å². The Morgan fingerprint density at radius 1 is 0.923 bits per heavy atom. The minimum absolute atomic E-state index is 0.143. The summed E-state index contributed by atoms with van der Waals surface area (Å²) >= 11 is 0. The smallest absolute Gasteiger partial charge is 0.328 e. The first-order valence-corrected chi connectivity index (χ1v) is 9.14. The standard InChI is InChI=1S/C22H24O4/c1-3-25-20(23)22(21(24)26-4-2)15-14-17(16-10-6-5-7-11-16)18-12-8-9-13-19(18)22/h5-13,17H,3-4,14-15H2,1-2H3. The van der Waals surface area contributed by atoms with E-state index < -0.39 is 17.4 Å². The second-order valence-electron chi connectivity index (χ2n) is 6.44. The molecule has 0 radical (unpaired) electrons. The minimum atomic E-state index is -1.38. The molecule has 1 atom stereocenters. The van der Waals surface area contributed by atoms with Gasteiger partial charge in [0, 0.05) is 5.92 Å². The van der Waals surface area contributed by atoms with Gasteiger partial charge in [-0.15, -0.1) is 0 Å². The van der Waals surface area contributed by atoms with Crippen molar-refractivity contribution in [3.05, 3.63) is 71.3 Å². The third-order valence-corrected chi connectivity index (χ3v) is 5.05. The van der Waals surface area contributed by atoms with Gasteiger partial charge in [-0.25, -0.2) is 0 Å². The predicted molar refractivity (Wildman–Crippen MR) is 98.9 cm³/mol. The Morgan fingerprint density at radius 2 is 1.50 bits per heavy atom. The molecular formula is C22H24O4. The van der Waals surface area contributed by atoms with E-state index in [9.17, 15) is 9.59 Å². The average Bonchev–Trinajstić information content (AvgIpc) is 2.68. The molecule has 2 aromatic carbocycles. The van der Waals surface area contributed by atoms with Crippen LogP contribution >= 0.6 is 0 Å². The lowest BCUT2D eigenvalue weighted by atomic mass is 9.65. The van der Waals surface area contributed by atoms with Crippen molar-refractivity contribution in [2.24, 2.45) is 0 Å². The van der Waals surface area contributed by atoms with Crippen molar-refractivity contribution in [3.63, 3.8) is 0 Å². The molecule has 0 N–H and O–H groups in total. The summed E-state index contributed by atoms with van der Waals surface area (Å²) in [5.41, 5.74) is 1.50. The summed E-state index contributed by atoms with van der Waals surface area (Å²) in [4.78, 5) is 25.8. The normalized spacial score (nSPS) is 17.8. The van der Waals surface area contributed by atoms with Crippen molar-refractivity contribution in [1.82, 2.24) is 0 Å². The summed E-state index contributed by atoms with van der Waals surface area (Å²) in [5.74, 6) is -0.890. The van der Waals surface area contributed by atoms with Gasteiger partial charge in [-0.3, -0.25) is 9.59 Å². The number of benzene rings is 2. The molecule has 0 spiro atoms. The fraction of sp³-hybridized carbons (Fsp3) is 0.364. The van der Waals surface area contributed by atoms with Gasteiger partial charge in [0.05, 0.1) is 13.2 Å². The van der Waals surface area contributed by atoms with Crippen molar-refractivity contribution in [2.45, 2.75) is 38.0 Å². The summed E-state index contributed by atoms with van der Waals surface area (Å²) < 4.78 is 10.6. The van der Waals surface area contributed by atoms with E-state index in [-0.39, 0.29) is 19.1 Å². The van der Waals surface area contributed by atoms with Crippen LogP contribution in [0.25, 0.3) is 0 Å². The van der Waals surface area contributed by atoms with Crippen LogP contribution in [-0.2, 0) is 24.5 Å². The third kappa shape index (κ3) is 3.00. The lowest BCUT2D eigenvalue weighted by molar-refractivity contribution is -0.165. The topological polar surface area (TPSA) is 52.6 Å². The van der Waals surface area contributed by atoms with Gasteiger partial charge in [0.1, 0.15) is 0 Å². The number of hydrogen-bond acceptors (Lipinski definition) is 4. The third-order valence-electron chi connectivity index (χ3n) is 5.05. The molecule has 0 fully saturated rings. The van der Waals surface area contributed by atoms with Crippen molar-refractivity contribution >= 4 is 11.9 Å². The van der Waals surface area contributed by atoms with E-state index in [1.807, 2.05) is 42.5 Å². The number of carbonyl (C=O) groups is 2. The first-order valence-electron chi connectivity index (χ1n) is 9.14. The maximum Gasteiger partial charge on any atom is 0.328 e. The molecule has 0 saturated carbocycles. The van der Waals surface area contributed by atoms with E-state index in [1.54, 1.807) is 13.8 Å². The molecule has 4 heteroatoms. The van der Waals surface area contributed by atoms with Crippen LogP contribution in [0.15, 0.2) is 54.6 Å². The van der Waals surface area contributed by atoms with E-state index in [0.29, 0.717) is 18.4 Å². The first-order chi connectivity index (χ1) is 12.6. The zero-order chi connectivity index (χ0) is 18.6. The van der Waals surface area contributed by atoms with Crippen molar-refractivity contribution < 1.29 is 19.1 Å². The fourth-order valence-electron chi connectivity index (χ4n) is 3.89. The highest BCUT2D eigenvalue weighted by atomic mass is 16.6. The fourth-order valence-corrected chi connectivity index (χ4v) is 3.89. The summed E-state index contributed by atoms with van der Waals surface area (Å²) in [5, 5.41) is 0. The quantitative estimate of drug-likeness (QED) is 0.603. The molecule has 1 aliphatic carbocycles. The van der Waals surface area contributed by atoms with Crippen molar-refractivity contribution in [3.8, 4) is 0 Å². The lowest BCUT2D eigenvalue weighted by Crippen LogP contribution is -2.49. The van der Waals surface area contributed by atoms with Crippen LogP contribution in [-0.4, -0.2) is 25.2 Å². The molecule has 0 bridgehead atoms. The van der Waals surface area contributed by atoms with E-state index in [1.165, 1.54) is 5.56 Å². The highest BCUT2D eigenvalue weighted by Gasteiger charge is 2.54. The van der Waals surface area contributed by atoms with Gasteiger partial charge in [0.25, 0.3) is 0 Å². The number of hydrogen-bond donors (Lipinski definition) is 0. The van der Waals surface area contributed by atoms with Crippen LogP contribution in [0, 0.1) is 0 Å². The van der Waals surface area contributed by atoms with Crippen molar-refractivity contribution in [1.29, 1.82) is 0 Å². The van der Waals surface area contributed by atoms with Crippen LogP contribution in [0.2, 0.25) is 0 Å². The Bertz CT molecular complexity index is 764. The summed E-state index contributed by atoms with van der Waals surface area (Å²) in [6, 6.07) is 17.8. The number of carbonyl (C=O) groups excluding carboxylic acids is 2. The van der Waals surface area contributed by atoms with Crippen molar-refractivity contribution in [2.75, 3.05) is 13.2 Å². The molecule has 26 heavy (non-hydrogen) atoms. The van der Waals surface area contributed by atoms with Gasteiger partial charge < -0.3 is 9.47 Å². The SMILES string of the molecule is CCOC(=O)C1(C(=O)OCC)CCC(c2ccccc2)c2ccccc21. The van der Waals surface area contributed by atoms with E-state index >= 15 is 0 Å². The van der Waals surface area contributed by atoms with Crippen LogP contribution in [0.3, 0.4) is 0 Å². The molecule has 3 rings (SSSR count). The van der Waals surface area contributed by atoms with Crippen LogP contribution in [0.1, 0.15) is 49.3 Å². The van der Waals surface area contributed by atoms with Gasteiger partial charge in [0.15, 0.2) is 5.41 Å². The Hall–Kier alpha value is -2.62. The number of esters is 2. The van der Waals surface area contributed by atoms with E-state index in [4.69, 9.17) is 9.47 Å². The second-order valence-corrected chi connectivity index (χ2v) is 6.44. The number of fused-ring (bicyclic) bond motifs is 1. The van der Waals surface area contributed by atoms with Crippen LogP contribution < -0.4 is 0 Å². The predicted octanol–water partition coefficient (Wildman–Crippen LogP) is 3.98. The molecule has 1 aliphatic rings. The van der Waals surface area contributed by atoms with E-state index in [0.717, 1.165) is 5.56 Å². The van der Waals surface area contributed by atoms with Gasteiger partial charge in [0.2, 0.25) is 0 Å². The zero-order valence-electron chi connectivity index (χ0n) is 15.2. The minimum Gasteiger partial charge on any atom is -0.465 e. The molecule has 0 aromatic heterocycles. The first kappa shape index (κ1) is 18.2. The molecule has 2 aromatic rings. The Balaban J connectivity index is 2.14. The largest absolute Gasteiger partial charge is 0.465 e. The molecule has 136 valence electrons. The molecular weight excluding hydrogens is 328 g/mol. The second kappa shape index (κ2) is 7.73. The number of rotatable bonds is 5. The maximum atomic E-state index is 12.9. The molecule has 0 saturated heterocycles. The number of ether oxygens (including phenoxy) is 2. The average molecular weight is 352 g/mol. The maximum absolute atomic E-state index is 12.9. The zero-order valence-corrected chi connectivity index (χ0v) is 15.2. The lowest BCUT2D eigenvalue weighted by Gasteiger charge is -2.38. The van der Waals surface area contributed by atoms with E-state index in [2.05, 4.69) is 12.1 Å². The summed E-state index contributed by atoms with van der Waals surface area (Å²) in [7, 11) is 0.